The van der Waals surface area contributed by atoms with E-state index in [2.05, 4.69) is 6.92 Å². The Labute approximate surface area is 128 Å². The summed E-state index contributed by atoms with van der Waals surface area (Å²) in [6.07, 6.45) is 7.55. The molecular weight excluding hydrogens is 264 g/mol. The van der Waals surface area contributed by atoms with Crippen LogP contribution in [0.25, 0.3) is 0 Å². The standard InChI is InChI=1S/C18H28O3/c1-4-6-14-7-5-11-18(19,12-10-14)16-9-8-15(20-2)13-17(16)21-3/h8-9,13-14,19H,4-7,10-12H2,1-3H3. The van der Waals surface area contributed by atoms with Crippen LogP contribution < -0.4 is 9.47 Å². The van der Waals surface area contributed by atoms with E-state index in [1.807, 2.05) is 18.2 Å². The van der Waals surface area contributed by atoms with Gasteiger partial charge in [-0.2, -0.15) is 0 Å². The minimum absolute atomic E-state index is 0.728. The van der Waals surface area contributed by atoms with Gasteiger partial charge in [0.15, 0.2) is 0 Å². The smallest absolute Gasteiger partial charge is 0.128 e. The molecule has 3 nitrogen and oxygen atoms in total. The van der Waals surface area contributed by atoms with Crippen LogP contribution in [0.4, 0.5) is 0 Å². The van der Waals surface area contributed by atoms with Gasteiger partial charge in [0.05, 0.1) is 19.8 Å². The third-order valence-electron chi connectivity index (χ3n) is 4.78. The molecule has 1 aliphatic rings. The Morgan fingerprint density at radius 3 is 2.67 bits per heavy atom. The van der Waals surface area contributed by atoms with E-state index in [4.69, 9.17) is 9.47 Å². The van der Waals surface area contributed by atoms with Crippen LogP contribution in [-0.2, 0) is 5.60 Å². The van der Waals surface area contributed by atoms with Gasteiger partial charge in [-0.15, -0.1) is 0 Å². The Morgan fingerprint density at radius 2 is 2.00 bits per heavy atom. The van der Waals surface area contributed by atoms with Crippen LogP contribution in [0.1, 0.15) is 57.4 Å². The van der Waals surface area contributed by atoms with E-state index in [-0.39, 0.29) is 0 Å². The SMILES string of the molecule is CCCC1CCCC(O)(c2ccc(OC)cc2OC)CC1. The Balaban J connectivity index is 2.23. The Morgan fingerprint density at radius 1 is 1.19 bits per heavy atom. The van der Waals surface area contributed by atoms with Crippen molar-refractivity contribution in [2.24, 2.45) is 5.92 Å². The number of methoxy groups -OCH3 is 2. The highest BCUT2D eigenvalue weighted by atomic mass is 16.5. The fourth-order valence-electron chi connectivity index (χ4n) is 3.54. The van der Waals surface area contributed by atoms with E-state index in [1.54, 1.807) is 14.2 Å². The van der Waals surface area contributed by atoms with Gasteiger partial charge in [-0.1, -0.05) is 26.2 Å². The zero-order chi connectivity index (χ0) is 15.3. The Kier molecular flexibility index (Phi) is 5.51. The molecule has 3 heteroatoms. The first-order valence-electron chi connectivity index (χ1n) is 8.08. The van der Waals surface area contributed by atoms with Gasteiger partial charge < -0.3 is 14.6 Å². The van der Waals surface area contributed by atoms with Crippen molar-refractivity contribution in [2.75, 3.05) is 14.2 Å². The molecule has 1 saturated carbocycles. The summed E-state index contributed by atoms with van der Waals surface area (Å²) in [4.78, 5) is 0. The zero-order valence-electron chi connectivity index (χ0n) is 13.5. The molecule has 1 aromatic carbocycles. The van der Waals surface area contributed by atoms with Crippen molar-refractivity contribution in [1.29, 1.82) is 0 Å². The number of hydrogen-bond donors (Lipinski definition) is 1. The fraction of sp³-hybridized carbons (Fsp3) is 0.667. The molecule has 21 heavy (non-hydrogen) atoms. The second kappa shape index (κ2) is 7.17. The molecule has 0 saturated heterocycles. The van der Waals surface area contributed by atoms with Crippen molar-refractivity contribution in [1.82, 2.24) is 0 Å². The lowest BCUT2D eigenvalue weighted by Gasteiger charge is -2.29. The normalized spacial score (nSPS) is 26.2. The second-order valence-electron chi connectivity index (χ2n) is 6.18. The molecule has 2 rings (SSSR count). The molecule has 1 aliphatic carbocycles. The Hall–Kier alpha value is -1.22. The molecule has 2 unspecified atom stereocenters. The quantitative estimate of drug-likeness (QED) is 0.824. The number of rotatable bonds is 5. The molecule has 0 radical (unpaired) electrons. The average Bonchev–Trinajstić information content (AvgIpc) is 2.70. The summed E-state index contributed by atoms with van der Waals surface area (Å²) in [6.45, 7) is 2.24. The van der Waals surface area contributed by atoms with Gasteiger partial charge in [0.1, 0.15) is 11.5 Å². The van der Waals surface area contributed by atoms with E-state index in [1.165, 1.54) is 19.3 Å². The molecule has 1 N–H and O–H groups in total. The summed E-state index contributed by atoms with van der Waals surface area (Å²) in [6, 6.07) is 5.73. The first-order chi connectivity index (χ1) is 10.1. The fourth-order valence-corrected chi connectivity index (χ4v) is 3.54. The molecule has 0 aromatic heterocycles. The molecule has 118 valence electrons. The summed E-state index contributed by atoms with van der Waals surface area (Å²) in [5.41, 5.74) is 0.142. The van der Waals surface area contributed by atoms with Crippen LogP contribution in [0.3, 0.4) is 0 Å². The maximum Gasteiger partial charge on any atom is 0.128 e. The van der Waals surface area contributed by atoms with Gasteiger partial charge in [0.2, 0.25) is 0 Å². The predicted molar refractivity (Wildman–Crippen MR) is 84.9 cm³/mol. The lowest BCUT2D eigenvalue weighted by Crippen LogP contribution is -2.25. The number of aliphatic hydroxyl groups is 1. The minimum atomic E-state index is -0.764. The van der Waals surface area contributed by atoms with E-state index < -0.39 is 5.60 Å². The first-order valence-corrected chi connectivity index (χ1v) is 8.08. The first kappa shape index (κ1) is 16.2. The van der Waals surface area contributed by atoms with Gasteiger partial charge in [0, 0.05) is 11.6 Å². The van der Waals surface area contributed by atoms with Crippen LogP contribution in [0, 0.1) is 5.92 Å². The molecule has 2 atom stereocenters. The van der Waals surface area contributed by atoms with E-state index >= 15 is 0 Å². The Bertz CT molecular complexity index is 458. The maximum atomic E-state index is 11.2. The number of benzene rings is 1. The van der Waals surface area contributed by atoms with Crippen LogP contribution in [-0.4, -0.2) is 19.3 Å². The van der Waals surface area contributed by atoms with Crippen LogP contribution in [0.2, 0.25) is 0 Å². The average molecular weight is 292 g/mol. The van der Waals surface area contributed by atoms with Crippen molar-refractivity contribution < 1.29 is 14.6 Å². The maximum absolute atomic E-state index is 11.2. The largest absolute Gasteiger partial charge is 0.497 e. The molecule has 0 bridgehead atoms. The zero-order valence-corrected chi connectivity index (χ0v) is 13.5. The third-order valence-corrected chi connectivity index (χ3v) is 4.78. The number of hydrogen-bond acceptors (Lipinski definition) is 3. The second-order valence-corrected chi connectivity index (χ2v) is 6.18. The van der Waals surface area contributed by atoms with Crippen molar-refractivity contribution in [3.05, 3.63) is 23.8 Å². The molecule has 1 fully saturated rings. The van der Waals surface area contributed by atoms with Gasteiger partial charge in [0.25, 0.3) is 0 Å². The third kappa shape index (κ3) is 3.70. The summed E-state index contributed by atoms with van der Waals surface area (Å²) in [7, 11) is 3.29. The summed E-state index contributed by atoms with van der Waals surface area (Å²) >= 11 is 0. The van der Waals surface area contributed by atoms with Crippen molar-refractivity contribution in [2.45, 2.75) is 57.5 Å². The van der Waals surface area contributed by atoms with Crippen molar-refractivity contribution in [3.63, 3.8) is 0 Å². The molecule has 0 heterocycles. The van der Waals surface area contributed by atoms with Gasteiger partial charge in [-0.3, -0.25) is 0 Å². The highest BCUT2D eigenvalue weighted by Crippen LogP contribution is 2.43. The van der Waals surface area contributed by atoms with E-state index in [0.29, 0.717) is 0 Å². The molecule has 0 amide bonds. The molecule has 0 spiro atoms. The lowest BCUT2D eigenvalue weighted by atomic mass is 9.85. The highest BCUT2D eigenvalue weighted by Gasteiger charge is 2.34. The van der Waals surface area contributed by atoms with Gasteiger partial charge >= 0.3 is 0 Å². The van der Waals surface area contributed by atoms with Gasteiger partial charge in [-0.25, -0.2) is 0 Å². The molecule has 0 aliphatic heterocycles. The summed E-state index contributed by atoms with van der Waals surface area (Å²) in [5.74, 6) is 2.25. The molecular formula is C18H28O3. The van der Waals surface area contributed by atoms with E-state index in [9.17, 15) is 5.11 Å². The number of ether oxygens (including phenoxy) is 2. The highest BCUT2D eigenvalue weighted by molar-refractivity contribution is 5.44. The predicted octanol–water partition coefficient (Wildman–Crippen LogP) is 4.27. The van der Waals surface area contributed by atoms with E-state index in [0.717, 1.165) is 48.7 Å². The summed E-state index contributed by atoms with van der Waals surface area (Å²) in [5, 5.41) is 11.2. The van der Waals surface area contributed by atoms with Crippen molar-refractivity contribution >= 4 is 0 Å². The van der Waals surface area contributed by atoms with Crippen LogP contribution in [0.5, 0.6) is 11.5 Å². The lowest BCUT2D eigenvalue weighted by molar-refractivity contribution is 0.0173. The van der Waals surface area contributed by atoms with Crippen molar-refractivity contribution in [3.8, 4) is 11.5 Å². The molecule has 1 aromatic rings. The monoisotopic (exact) mass is 292 g/mol. The summed E-state index contributed by atoms with van der Waals surface area (Å²) < 4.78 is 10.7. The van der Waals surface area contributed by atoms with Gasteiger partial charge in [-0.05, 0) is 43.7 Å². The van der Waals surface area contributed by atoms with Crippen LogP contribution >= 0.6 is 0 Å². The van der Waals surface area contributed by atoms with Crippen LogP contribution in [0.15, 0.2) is 18.2 Å². The minimum Gasteiger partial charge on any atom is -0.497 e. The topological polar surface area (TPSA) is 38.7 Å².